The minimum atomic E-state index is -0.357. The number of rotatable bonds is 3. The number of aryl methyl sites for hydroxylation is 1. The van der Waals surface area contributed by atoms with Crippen molar-refractivity contribution >= 4 is 5.82 Å². The quantitative estimate of drug-likeness (QED) is 0.881. The summed E-state index contributed by atoms with van der Waals surface area (Å²) >= 11 is 0. The zero-order chi connectivity index (χ0) is 12.3. The van der Waals surface area contributed by atoms with Crippen molar-refractivity contribution in [3.8, 4) is 11.6 Å². The lowest BCUT2D eigenvalue weighted by Crippen LogP contribution is -1.96. The van der Waals surface area contributed by atoms with Gasteiger partial charge in [-0.25, -0.2) is 4.39 Å². The molecule has 0 aliphatic rings. The molecule has 0 saturated heterocycles. The highest BCUT2D eigenvalue weighted by Gasteiger charge is 2.07. The Morgan fingerprint density at radius 1 is 1.18 bits per heavy atom. The Bertz CT molecular complexity index is 529. The number of hydrogen-bond acceptors (Lipinski definition) is 3. The molecular weight excluding hydrogens is 219 g/mol. The van der Waals surface area contributed by atoms with Crippen LogP contribution in [0.5, 0.6) is 11.6 Å². The molecule has 17 heavy (non-hydrogen) atoms. The number of halogens is 1. The third-order valence-electron chi connectivity index (χ3n) is 2.35. The van der Waals surface area contributed by atoms with E-state index in [9.17, 15) is 4.39 Å². The Morgan fingerprint density at radius 3 is 2.71 bits per heavy atom. The van der Waals surface area contributed by atoms with Crippen molar-refractivity contribution in [1.82, 2.24) is 4.98 Å². The summed E-state index contributed by atoms with van der Waals surface area (Å²) in [5.41, 5.74) is 0.548. The summed E-state index contributed by atoms with van der Waals surface area (Å²) in [6.45, 7) is 1.69. The number of nitrogens with one attached hydrogen (secondary N) is 1. The maximum Gasteiger partial charge on any atom is 0.221 e. The van der Waals surface area contributed by atoms with Gasteiger partial charge in [-0.1, -0.05) is 18.2 Å². The van der Waals surface area contributed by atoms with Gasteiger partial charge in [0, 0.05) is 13.1 Å². The predicted octanol–water partition coefficient (Wildman–Crippen LogP) is 3.36. The van der Waals surface area contributed by atoms with Gasteiger partial charge >= 0.3 is 0 Å². The molecule has 0 amide bonds. The van der Waals surface area contributed by atoms with Gasteiger partial charge in [-0.15, -0.1) is 0 Å². The zero-order valence-electron chi connectivity index (χ0n) is 9.70. The van der Waals surface area contributed by atoms with Crippen LogP contribution in [-0.2, 0) is 0 Å². The molecule has 0 unspecified atom stereocenters. The van der Waals surface area contributed by atoms with Gasteiger partial charge in [0.15, 0.2) is 11.6 Å². The van der Waals surface area contributed by atoms with Crippen LogP contribution in [0.3, 0.4) is 0 Å². The number of hydrogen-bond donors (Lipinski definition) is 1. The third-order valence-corrected chi connectivity index (χ3v) is 2.35. The normalized spacial score (nSPS) is 10.1. The van der Waals surface area contributed by atoms with Crippen molar-refractivity contribution in [3.05, 3.63) is 47.8 Å². The van der Waals surface area contributed by atoms with Gasteiger partial charge in [-0.3, -0.25) is 0 Å². The van der Waals surface area contributed by atoms with E-state index >= 15 is 0 Å². The average molecular weight is 232 g/mol. The molecule has 2 rings (SSSR count). The van der Waals surface area contributed by atoms with Gasteiger partial charge in [-0.2, -0.15) is 4.98 Å². The van der Waals surface area contributed by atoms with Crippen LogP contribution in [0, 0.1) is 12.7 Å². The van der Waals surface area contributed by atoms with Crippen LogP contribution in [0.25, 0.3) is 0 Å². The van der Waals surface area contributed by atoms with Gasteiger partial charge < -0.3 is 10.1 Å². The van der Waals surface area contributed by atoms with Crippen molar-refractivity contribution < 1.29 is 9.13 Å². The van der Waals surface area contributed by atoms with Crippen LogP contribution in [0.4, 0.5) is 10.2 Å². The fourth-order valence-corrected chi connectivity index (χ4v) is 1.42. The molecule has 1 aromatic heterocycles. The molecule has 1 N–H and O–H groups in total. The Hall–Kier alpha value is -2.10. The van der Waals surface area contributed by atoms with Gasteiger partial charge in [0.25, 0.3) is 0 Å². The minimum Gasteiger partial charge on any atom is -0.436 e. The fraction of sp³-hybridized carbons (Fsp3) is 0.154. The molecule has 4 heteroatoms. The maximum absolute atomic E-state index is 13.7. The van der Waals surface area contributed by atoms with E-state index in [2.05, 4.69) is 10.3 Å². The molecule has 0 bridgehead atoms. The fourth-order valence-electron chi connectivity index (χ4n) is 1.42. The SMILES string of the molecule is CNc1cccc(Oc2cccc(C)c2F)n1. The first-order valence-electron chi connectivity index (χ1n) is 5.28. The second-order valence-corrected chi connectivity index (χ2v) is 3.60. The van der Waals surface area contributed by atoms with E-state index in [4.69, 9.17) is 4.74 Å². The van der Waals surface area contributed by atoms with Crippen LogP contribution >= 0.6 is 0 Å². The first kappa shape index (κ1) is 11.4. The summed E-state index contributed by atoms with van der Waals surface area (Å²) in [4.78, 5) is 4.16. The number of anilines is 1. The molecule has 0 fully saturated rings. The smallest absolute Gasteiger partial charge is 0.221 e. The van der Waals surface area contributed by atoms with E-state index in [1.165, 1.54) is 0 Å². The number of benzene rings is 1. The lowest BCUT2D eigenvalue weighted by molar-refractivity contribution is 0.426. The highest BCUT2D eigenvalue weighted by Crippen LogP contribution is 2.25. The van der Waals surface area contributed by atoms with Crippen LogP contribution in [0.15, 0.2) is 36.4 Å². The molecule has 0 saturated carbocycles. The summed E-state index contributed by atoms with van der Waals surface area (Å²) in [5, 5.41) is 2.89. The summed E-state index contributed by atoms with van der Waals surface area (Å²) < 4.78 is 19.1. The number of ether oxygens (including phenoxy) is 1. The van der Waals surface area contributed by atoms with Gasteiger partial charge in [0.1, 0.15) is 5.82 Å². The van der Waals surface area contributed by atoms with Crippen molar-refractivity contribution in [3.63, 3.8) is 0 Å². The largest absolute Gasteiger partial charge is 0.436 e. The van der Waals surface area contributed by atoms with E-state index in [-0.39, 0.29) is 11.6 Å². The summed E-state index contributed by atoms with van der Waals surface area (Å²) in [6.07, 6.45) is 0. The van der Waals surface area contributed by atoms with Crippen molar-refractivity contribution in [2.24, 2.45) is 0 Å². The van der Waals surface area contributed by atoms with Crippen molar-refractivity contribution in [2.45, 2.75) is 6.92 Å². The van der Waals surface area contributed by atoms with E-state index in [1.807, 2.05) is 0 Å². The van der Waals surface area contributed by atoms with Crippen molar-refractivity contribution in [2.75, 3.05) is 12.4 Å². The van der Waals surface area contributed by atoms with Gasteiger partial charge in [0.05, 0.1) is 0 Å². The first-order chi connectivity index (χ1) is 8.20. The van der Waals surface area contributed by atoms with Crippen LogP contribution in [0.2, 0.25) is 0 Å². The van der Waals surface area contributed by atoms with Crippen LogP contribution in [-0.4, -0.2) is 12.0 Å². The van der Waals surface area contributed by atoms with Crippen LogP contribution < -0.4 is 10.1 Å². The Labute approximate surface area is 99.3 Å². The predicted molar refractivity (Wildman–Crippen MR) is 65.0 cm³/mol. The van der Waals surface area contributed by atoms with Crippen LogP contribution in [0.1, 0.15) is 5.56 Å². The van der Waals surface area contributed by atoms with Gasteiger partial charge in [-0.05, 0) is 24.6 Å². The second-order valence-electron chi connectivity index (χ2n) is 3.60. The first-order valence-corrected chi connectivity index (χ1v) is 5.28. The molecule has 88 valence electrons. The highest BCUT2D eigenvalue weighted by atomic mass is 19.1. The van der Waals surface area contributed by atoms with E-state index in [0.717, 1.165) is 0 Å². The summed E-state index contributed by atoms with van der Waals surface area (Å²) in [5.74, 6) is 0.867. The zero-order valence-corrected chi connectivity index (χ0v) is 9.70. The highest BCUT2D eigenvalue weighted by molar-refractivity contribution is 5.38. The average Bonchev–Trinajstić information content (AvgIpc) is 2.35. The summed E-state index contributed by atoms with van der Waals surface area (Å²) in [7, 11) is 1.76. The molecule has 1 heterocycles. The van der Waals surface area contributed by atoms with Gasteiger partial charge in [0.2, 0.25) is 5.88 Å². The third kappa shape index (κ3) is 2.53. The molecule has 3 nitrogen and oxygen atoms in total. The number of aromatic nitrogens is 1. The topological polar surface area (TPSA) is 34.1 Å². The molecule has 0 spiro atoms. The van der Waals surface area contributed by atoms with Crippen molar-refractivity contribution in [1.29, 1.82) is 0 Å². The number of pyridine rings is 1. The van der Waals surface area contributed by atoms with E-state index in [0.29, 0.717) is 17.3 Å². The van der Waals surface area contributed by atoms with E-state index < -0.39 is 0 Å². The molecule has 0 radical (unpaired) electrons. The lowest BCUT2D eigenvalue weighted by atomic mass is 10.2. The maximum atomic E-state index is 13.7. The molecule has 2 aromatic rings. The molecule has 0 atom stereocenters. The second kappa shape index (κ2) is 4.82. The van der Waals surface area contributed by atoms with E-state index in [1.54, 1.807) is 50.4 Å². The molecular formula is C13H13FN2O. The molecule has 0 aliphatic heterocycles. The summed E-state index contributed by atoms with van der Waals surface area (Å²) in [6, 6.07) is 10.3. The standard InChI is InChI=1S/C13H13FN2O/c1-9-5-3-6-10(13(9)14)17-12-8-4-7-11(15-2)16-12/h3-8H,1-2H3,(H,15,16). The Kier molecular flexibility index (Phi) is 3.23. The lowest BCUT2D eigenvalue weighted by Gasteiger charge is -2.08. The number of nitrogens with zero attached hydrogens (tertiary/aromatic N) is 1. The Balaban J connectivity index is 2.28. The monoisotopic (exact) mass is 232 g/mol. The molecule has 0 aliphatic carbocycles. The minimum absolute atomic E-state index is 0.186. The Morgan fingerprint density at radius 2 is 1.94 bits per heavy atom. The molecule has 1 aromatic carbocycles.